The zero-order valence-corrected chi connectivity index (χ0v) is 8.80. The molecule has 0 aliphatic rings. The summed E-state index contributed by atoms with van der Waals surface area (Å²) in [5, 5.41) is 10.5. The predicted molar refractivity (Wildman–Crippen MR) is 52.3 cm³/mol. The van der Waals surface area contributed by atoms with Crippen LogP contribution in [0.3, 0.4) is 0 Å². The minimum atomic E-state index is -3.81. The smallest absolute Gasteiger partial charge is 0.207 e. The Hall–Kier alpha value is -1.83. The van der Waals surface area contributed by atoms with Crippen LogP contribution in [-0.4, -0.2) is 34.6 Å². The molecule has 0 N–H and O–H groups in total. The molecule has 2 aromatic rings. The van der Waals surface area contributed by atoms with Crippen molar-refractivity contribution in [1.82, 2.24) is 20.2 Å². The van der Waals surface area contributed by atoms with Crippen molar-refractivity contribution in [3.63, 3.8) is 0 Å². The fourth-order valence-electron chi connectivity index (χ4n) is 1.15. The van der Waals surface area contributed by atoms with E-state index in [-0.39, 0.29) is 4.90 Å². The standard InChI is InChI=1S/C8H7FN4O2S/c9-5-16(14,15)8-3-1-7(2-4-8)13-6-10-11-12-13/h1-4,6H,5H2. The second kappa shape index (κ2) is 3.97. The number of benzene rings is 1. The topological polar surface area (TPSA) is 77.7 Å². The van der Waals surface area contributed by atoms with Gasteiger partial charge >= 0.3 is 0 Å². The van der Waals surface area contributed by atoms with Gasteiger partial charge in [-0.3, -0.25) is 0 Å². The van der Waals surface area contributed by atoms with Gasteiger partial charge in [-0.1, -0.05) is 0 Å². The summed E-state index contributed by atoms with van der Waals surface area (Å²) >= 11 is 0. The van der Waals surface area contributed by atoms with Crippen molar-refractivity contribution in [3.05, 3.63) is 30.6 Å². The van der Waals surface area contributed by atoms with Crippen LogP contribution in [0.15, 0.2) is 35.5 Å². The van der Waals surface area contributed by atoms with E-state index in [0.29, 0.717) is 5.69 Å². The molecule has 0 amide bonds. The zero-order chi connectivity index (χ0) is 11.6. The first-order valence-corrected chi connectivity index (χ1v) is 5.91. The van der Waals surface area contributed by atoms with Crippen LogP contribution in [0, 0.1) is 0 Å². The van der Waals surface area contributed by atoms with Gasteiger partial charge in [0.05, 0.1) is 10.6 Å². The largest absolute Gasteiger partial charge is 0.233 e. The van der Waals surface area contributed by atoms with E-state index in [2.05, 4.69) is 15.5 Å². The number of halogens is 1. The number of sulfone groups is 1. The van der Waals surface area contributed by atoms with Crippen LogP contribution in [0.2, 0.25) is 0 Å². The zero-order valence-electron chi connectivity index (χ0n) is 7.99. The number of hydrogen-bond acceptors (Lipinski definition) is 5. The van der Waals surface area contributed by atoms with Crippen LogP contribution in [0.5, 0.6) is 0 Å². The van der Waals surface area contributed by atoms with Crippen molar-refractivity contribution in [2.75, 3.05) is 6.01 Å². The van der Waals surface area contributed by atoms with E-state index >= 15 is 0 Å². The average molecular weight is 242 g/mol. The third-order valence-electron chi connectivity index (χ3n) is 1.95. The summed E-state index contributed by atoms with van der Waals surface area (Å²) in [6, 6.07) is 4.22. The number of aromatic nitrogens is 4. The molecule has 0 aliphatic heterocycles. The fourth-order valence-corrected chi connectivity index (χ4v) is 1.83. The van der Waals surface area contributed by atoms with Crippen molar-refractivity contribution in [2.45, 2.75) is 4.90 Å². The average Bonchev–Trinajstić information content (AvgIpc) is 2.83. The number of nitrogens with zero attached hydrogens (tertiary/aromatic N) is 4. The number of alkyl halides is 1. The van der Waals surface area contributed by atoms with E-state index < -0.39 is 15.8 Å². The molecule has 0 atom stereocenters. The first-order valence-electron chi connectivity index (χ1n) is 4.25. The minimum Gasteiger partial charge on any atom is -0.233 e. The Labute approximate surface area is 90.6 Å². The maximum atomic E-state index is 12.2. The number of hydrogen-bond donors (Lipinski definition) is 0. The Bertz CT molecular complexity index is 565. The van der Waals surface area contributed by atoms with Gasteiger partial charge in [0, 0.05) is 0 Å². The fraction of sp³-hybridized carbons (Fsp3) is 0.125. The number of rotatable bonds is 3. The van der Waals surface area contributed by atoms with Crippen molar-refractivity contribution in [1.29, 1.82) is 0 Å². The summed E-state index contributed by atoms with van der Waals surface area (Å²) in [6.45, 7) is 0. The van der Waals surface area contributed by atoms with Crippen molar-refractivity contribution in [3.8, 4) is 5.69 Å². The summed E-state index contributed by atoms with van der Waals surface area (Å²) in [4.78, 5) is -0.0631. The van der Waals surface area contributed by atoms with E-state index in [0.717, 1.165) is 0 Å². The molecule has 0 radical (unpaired) electrons. The second-order valence-corrected chi connectivity index (χ2v) is 4.89. The minimum absolute atomic E-state index is 0.0631. The Balaban J connectivity index is 2.38. The SMILES string of the molecule is O=S(=O)(CF)c1ccc(-n2cnnn2)cc1. The van der Waals surface area contributed by atoms with E-state index in [1.54, 1.807) is 0 Å². The molecule has 6 nitrogen and oxygen atoms in total. The molecule has 1 aromatic heterocycles. The Morgan fingerprint density at radius 3 is 2.44 bits per heavy atom. The van der Waals surface area contributed by atoms with Gasteiger partial charge in [0.25, 0.3) is 0 Å². The van der Waals surface area contributed by atoms with Crippen LogP contribution in [-0.2, 0) is 9.84 Å². The molecule has 0 saturated heterocycles. The summed E-state index contributed by atoms with van der Waals surface area (Å²) in [5.41, 5.74) is 0.600. The molecule has 0 saturated carbocycles. The molecule has 0 spiro atoms. The van der Waals surface area contributed by atoms with E-state index in [1.165, 1.54) is 35.3 Å². The van der Waals surface area contributed by atoms with Gasteiger partial charge in [0.15, 0.2) is 6.01 Å². The molecule has 1 heterocycles. The van der Waals surface area contributed by atoms with Crippen LogP contribution in [0.25, 0.3) is 5.69 Å². The van der Waals surface area contributed by atoms with Crippen LogP contribution in [0.4, 0.5) is 4.39 Å². The lowest BCUT2D eigenvalue weighted by molar-refractivity contribution is 0.534. The molecule has 0 fully saturated rings. The molecule has 0 bridgehead atoms. The molecule has 2 rings (SSSR count). The van der Waals surface area contributed by atoms with Gasteiger partial charge in [0.2, 0.25) is 9.84 Å². The third kappa shape index (κ3) is 1.91. The molecule has 0 unspecified atom stereocenters. The maximum absolute atomic E-state index is 12.2. The molecule has 8 heteroatoms. The first kappa shape index (κ1) is 10.7. The number of tetrazole rings is 1. The maximum Gasteiger partial charge on any atom is 0.207 e. The molecule has 0 aliphatic carbocycles. The van der Waals surface area contributed by atoms with Crippen molar-refractivity contribution < 1.29 is 12.8 Å². The van der Waals surface area contributed by atoms with E-state index in [9.17, 15) is 12.8 Å². The highest BCUT2D eigenvalue weighted by atomic mass is 32.2. The quantitative estimate of drug-likeness (QED) is 0.776. The summed E-state index contributed by atoms with van der Waals surface area (Å²) < 4.78 is 35.9. The molecular formula is C8H7FN4O2S. The Morgan fingerprint density at radius 1 is 1.25 bits per heavy atom. The van der Waals surface area contributed by atoms with E-state index in [1.807, 2.05) is 0 Å². The van der Waals surface area contributed by atoms with Crippen molar-refractivity contribution >= 4 is 9.84 Å². The van der Waals surface area contributed by atoms with Crippen LogP contribution in [0.1, 0.15) is 0 Å². The summed E-state index contributed by atoms with van der Waals surface area (Å²) in [6.07, 6.45) is 1.37. The van der Waals surface area contributed by atoms with Gasteiger partial charge in [-0.05, 0) is 34.7 Å². The Morgan fingerprint density at radius 2 is 1.94 bits per heavy atom. The normalized spacial score (nSPS) is 11.6. The summed E-state index contributed by atoms with van der Waals surface area (Å²) in [7, 11) is -3.81. The predicted octanol–water partition coefficient (Wildman–Crippen LogP) is 0.363. The van der Waals surface area contributed by atoms with Gasteiger partial charge < -0.3 is 0 Å². The first-order chi connectivity index (χ1) is 7.63. The highest BCUT2D eigenvalue weighted by Crippen LogP contribution is 2.14. The van der Waals surface area contributed by atoms with Gasteiger partial charge in [0.1, 0.15) is 6.33 Å². The molecule has 84 valence electrons. The lowest BCUT2D eigenvalue weighted by Crippen LogP contribution is -2.03. The lowest BCUT2D eigenvalue weighted by atomic mass is 10.3. The van der Waals surface area contributed by atoms with Gasteiger partial charge in [-0.2, -0.15) is 0 Å². The molecule has 1 aromatic carbocycles. The van der Waals surface area contributed by atoms with Gasteiger partial charge in [-0.15, -0.1) is 5.10 Å². The van der Waals surface area contributed by atoms with Crippen molar-refractivity contribution in [2.24, 2.45) is 0 Å². The van der Waals surface area contributed by atoms with E-state index in [4.69, 9.17) is 0 Å². The summed E-state index contributed by atoms with van der Waals surface area (Å²) in [5.74, 6) is 0. The molecular weight excluding hydrogens is 235 g/mol. The highest BCUT2D eigenvalue weighted by Gasteiger charge is 2.13. The third-order valence-corrected chi connectivity index (χ3v) is 3.23. The highest BCUT2D eigenvalue weighted by molar-refractivity contribution is 7.91. The Kier molecular flexibility index (Phi) is 2.65. The second-order valence-electron chi connectivity index (χ2n) is 2.97. The van der Waals surface area contributed by atoms with Gasteiger partial charge in [-0.25, -0.2) is 17.5 Å². The van der Waals surface area contributed by atoms with Crippen LogP contribution < -0.4 is 0 Å². The van der Waals surface area contributed by atoms with Crippen LogP contribution >= 0.6 is 0 Å². The molecule has 16 heavy (non-hydrogen) atoms. The lowest BCUT2D eigenvalue weighted by Gasteiger charge is -2.01. The monoisotopic (exact) mass is 242 g/mol.